The van der Waals surface area contributed by atoms with Crippen molar-refractivity contribution in [3.63, 3.8) is 0 Å². The summed E-state index contributed by atoms with van der Waals surface area (Å²) in [5, 5.41) is 7.95. The molecule has 24 heavy (non-hydrogen) atoms. The third-order valence-electron chi connectivity index (χ3n) is 3.79. The van der Waals surface area contributed by atoms with Crippen molar-refractivity contribution in [3.05, 3.63) is 64.2 Å². The number of aryl methyl sites for hydroxylation is 2. The van der Waals surface area contributed by atoms with E-state index in [9.17, 15) is 0 Å². The summed E-state index contributed by atoms with van der Waals surface area (Å²) in [6, 6.07) is 14.5. The maximum atomic E-state index is 6.36. The van der Waals surface area contributed by atoms with Gasteiger partial charge in [-0.3, -0.25) is 0 Å². The van der Waals surface area contributed by atoms with Crippen LogP contribution in [0.5, 0.6) is 0 Å². The molecule has 3 nitrogen and oxygen atoms in total. The van der Waals surface area contributed by atoms with Gasteiger partial charge in [-0.05, 0) is 48.8 Å². The molecule has 128 valence electrons. The van der Waals surface area contributed by atoms with Gasteiger partial charge in [0.1, 0.15) is 12.6 Å². The predicted octanol–water partition coefficient (Wildman–Crippen LogP) is 3.13. The van der Waals surface area contributed by atoms with E-state index in [1.165, 1.54) is 10.5 Å². The fourth-order valence-corrected chi connectivity index (χ4v) is 3.34. The smallest absolute Gasteiger partial charge is 0.171 e. The molecule has 3 N–H and O–H groups in total. The molecule has 0 fully saturated rings. The molecule has 0 spiro atoms. The van der Waals surface area contributed by atoms with Gasteiger partial charge in [0.2, 0.25) is 0 Å². The highest BCUT2D eigenvalue weighted by atomic mass is 35.5. The Morgan fingerprint density at radius 1 is 1.17 bits per heavy atom. The third kappa shape index (κ3) is 5.20. The average molecular weight is 363 g/mol. The lowest BCUT2D eigenvalue weighted by Gasteiger charge is -2.23. The van der Waals surface area contributed by atoms with Gasteiger partial charge >= 0.3 is 0 Å². The minimum absolute atomic E-state index is 0.140. The van der Waals surface area contributed by atoms with Crippen molar-refractivity contribution in [3.8, 4) is 0 Å². The second kappa shape index (κ2) is 8.47. The van der Waals surface area contributed by atoms with Crippen molar-refractivity contribution in [1.29, 1.82) is 0 Å². The third-order valence-corrected chi connectivity index (χ3v) is 4.31. The van der Waals surface area contributed by atoms with E-state index in [1.807, 2.05) is 38.1 Å². The van der Waals surface area contributed by atoms with E-state index in [1.54, 1.807) is 0 Å². The fourth-order valence-electron chi connectivity index (χ4n) is 2.73. The predicted molar refractivity (Wildman–Crippen MR) is 107 cm³/mol. The summed E-state index contributed by atoms with van der Waals surface area (Å²) in [6.45, 7) is 4.99. The van der Waals surface area contributed by atoms with E-state index >= 15 is 0 Å². The minimum Gasteiger partial charge on any atom is -0.350 e. The van der Waals surface area contributed by atoms with Crippen molar-refractivity contribution in [2.75, 3.05) is 26.0 Å². The first-order valence-electron chi connectivity index (χ1n) is 8.05. The maximum Gasteiger partial charge on any atom is 0.171 e. The molecule has 0 aliphatic heterocycles. The number of hydrogen-bond donors (Lipinski definition) is 3. The van der Waals surface area contributed by atoms with Crippen molar-refractivity contribution >= 4 is 34.6 Å². The lowest BCUT2D eigenvalue weighted by molar-refractivity contribution is -0.860. The maximum absolute atomic E-state index is 6.36. The van der Waals surface area contributed by atoms with Gasteiger partial charge in [0.15, 0.2) is 5.11 Å². The standard InChI is InChI=1S/C19H24ClN3S/c1-13-10-14(2)18(16(20)11-13)22-19(24)21-17(12-23(3)4)15-8-6-5-7-9-15/h5-11,17H,12H2,1-4H3,(H2,21,22,24)/p+1/t17-/m0/s1. The van der Waals surface area contributed by atoms with E-state index in [0.717, 1.165) is 23.4 Å². The van der Waals surface area contributed by atoms with Crippen LogP contribution in [0.15, 0.2) is 42.5 Å². The normalized spacial score (nSPS) is 12.1. The summed E-state index contributed by atoms with van der Waals surface area (Å²) in [5.41, 5.74) is 4.30. The quantitative estimate of drug-likeness (QED) is 0.714. The van der Waals surface area contributed by atoms with Crippen LogP contribution in [0.2, 0.25) is 5.02 Å². The molecule has 0 saturated carbocycles. The Hall–Kier alpha value is -1.62. The van der Waals surface area contributed by atoms with E-state index in [4.69, 9.17) is 23.8 Å². The van der Waals surface area contributed by atoms with Gasteiger partial charge in [-0.1, -0.05) is 48.0 Å². The number of likely N-dealkylation sites (N-methyl/N-ethyl adjacent to an activating group) is 1. The van der Waals surface area contributed by atoms with Crippen molar-refractivity contribution in [1.82, 2.24) is 5.32 Å². The molecule has 0 heterocycles. The lowest BCUT2D eigenvalue weighted by atomic mass is 10.1. The van der Waals surface area contributed by atoms with Crippen LogP contribution < -0.4 is 15.5 Å². The van der Waals surface area contributed by atoms with Crippen molar-refractivity contribution in [2.45, 2.75) is 19.9 Å². The molecule has 2 aromatic carbocycles. The number of benzene rings is 2. The molecule has 0 amide bonds. The summed E-state index contributed by atoms with van der Waals surface area (Å²) in [7, 11) is 4.27. The van der Waals surface area contributed by atoms with Crippen LogP contribution >= 0.6 is 23.8 Å². The zero-order valence-electron chi connectivity index (χ0n) is 14.6. The van der Waals surface area contributed by atoms with Gasteiger partial charge in [-0.25, -0.2) is 0 Å². The van der Waals surface area contributed by atoms with Crippen LogP contribution in [0.25, 0.3) is 0 Å². The highest BCUT2D eigenvalue weighted by molar-refractivity contribution is 7.80. The number of quaternary nitrogens is 1. The molecule has 0 saturated heterocycles. The number of halogens is 1. The van der Waals surface area contributed by atoms with Crippen LogP contribution in [0.3, 0.4) is 0 Å². The fraction of sp³-hybridized carbons (Fsp3) is 0.316. The monoisotopic (exact) mass is 362 g/mol. The second-order valence-corrected chi connectivity index (χ2v) is 7.23. The number of anilines is 1. The Kier molecular flexibility index (Phi) is 6.60. The van der Waals surface area contributed by atoms with E-state index in [-0.39, 0.29) is 6.04 Å². The van der Waals surface area contributed by atoms with Crippen LogP contribution in [0.4, 0.5) is 5.69 Å². The van der Waals surface area contributed by atoms with Gasteiger partial charge in [0.25, 0.3) is 0 Å². The molecule has 0 aliphatic carbocycles. The van der Waals surface area contributed by atoms with Gasteiger partial charge in [-0.2, -0.15) is 0 Å². The van der Waals surface area contributed by atoms with Crippen molar-refractivity contribution in [2.24, 2.45) is 0 Å². The van der Waals surface area contributed by atoms with Crippen LogP contribution in [0.1, 0.15) is 22.7 Å². The van der Waals surface area contributed by atoms with Crippen LogP contribution in [0, 0.1) is 13.8 Å². The van der Waals surface area contributed by atoms with Gasteiger partial charge < -0.3 is 15.5 Å². The summed E-state index contributed by atoms with van der Waals surface area (Å²) in [6.07, 6.45) is 0. The molecule has 2 aromatic rings. The van der Waals surface area contributed by atoms with Crippen LogP contribution in [-0.2, 0) is 0 Å². The molecular weight excluding hydrogens is 338 g/mol. The molecular formula is C19H25ClN3S+. The minimum atomic E-state index is 0.140. The number of hydrogen-bond acceptors (Lipinski definition) is 1. The summed E-state index contributed by atoms with van der Waals surface area (Å²) in [5.74, 6) is 0. The molecule has 0 bridgehead atoms. The SMILES string of the molecule is Cc1cc(C)c(NC(=S)N[C@@H](C[NH+](C)C)c2ccccc2)c(Cl)c1. The largest absolute Gasteiger partial charge is 0.350 e. The first kappa shape index (κ1) is 18.7. The number of thiocarbonyl (C=S) groups is 1. The Morgan fingerprint density at radius 3 is 2.42 bits per heavy atom. The highest BCUT2D eigenvalue weighted by Crippen LogP contribution is 2.27. The van der Waals surface area contributed by atoms with Crippen LogP contribution in [-0.4, -0.2) is 25.8 Å². The Labute approximate surface area is 155 Å². The van der Waals surface area contributed by atoms with E-state index in [0.29, 0.717) is 10.1 Å². The Bertz CT molecular complexity index is 678. The second-order valence-electron chi connectivity index (χ2n) is 6.41. The topological polar surface area (TPSA) is 28.5 Å². The van der Waals surface area contributed by atoms with E-state index in [2.05, 4.69) is 42.9 Å². The molecule has 0 radical (unpaired) electrons. The summed E-state index contributed by atoms with van der Waals surface area (Å²) in [4.78, 5) is 1.35. The number of rotatable bonds is 5. The van der Waals surface area contributed by atoms with E-state index < -0.39 is 0 Å². The zero-order valence-corrected chi connectivity index (χ0v) is 16.2. The summed E-state index contributed by atoms with van der Waals surface area (Å²) >= 11 is 11.9. The van der Waals surface area contributed by atoms with Gasteiger partial charge in [0.05, 0.1) is 24.8 Å². The Balaban J connectivity index is 2.14. The summed E-state index contributed by atoms with van der Waals surface area (Å²) < 4.78 is 0. The average Bonchev–Trinajstić information content (AvgIpc) is 2.50. The lowest BCUT2D eigenvalue weighted by Crippen LogP contribution is -3.06. The zero-order chi connectivity index (χ0) is 17.7. The first-order valence-corrected chi connectivity index (χ1v) is 8.83. The molecule has 0 unspecified atom stereocenters. The highest BCUT2D eigenvalue weighted by Gasteiger charge is 2.17. The molecule has 1 atom stereocenters. The molecule has 2 rings (SSSR count). The van der Waals surface area contributed by atoms with Gasteiger partial charge in [-0.15, -0.1) is 0 Å². The number of nitrogens with one attached hydrogen (secondary N) is 3. The Morgan fingerprint density at radius 2 is 1.83 bits per heavy atom. The molecule has 0 aromatic heterocycles. The van der Waals surface area contributed by atoms with Gasteiger partial charge in [0, 0.05) is 0 Å². The molecule has 5 heteroatoms. The first-order chi connectivity index (χ1) is 11.4. The molecule has 0 aliphatic rings. The van der Waals surface area contributed by atoms with Crippen molar-refractivity contribution < 1.29 is 4.90 Å².